The van der Waals surface area contributed by atoms with E-state index in [-0.39, 0.29) is 0 Å². The second-order valence-corrected chi connectivity index (χ2v) is 5.24. The van der Waals surface area contributed by atoms with Crippen molar-refractivity contribution in [3.63, 3.8) is 0 Å². The van der Waals surface area contributed by atoms with Gasteiger partial charge in [0, 0.05) is 10.9 Å². The Labute approximate surface area is 109 Å². The standard InChI is InChI=1S/C14H23NOS/c1-4-15-12(2)8-7-11-17-14-10-6-5-9-13(14)16-3/h5-6,9-10,12,15H,4,7-8,11H2,1-3H3. The van der Waals surface area contributed by atoms with Crippen LogP contribution in [-0.2, 0) is 0 Å². The quantitative estimate of drug-likeness (QED) is 0.565. The van der Waals surface area contributed by atoms with E-state index in [4.69, 9.17) is 4.74 Å². The minimum atomic E-state index is 0.623. The van der Waals surface area contributed by atoms with Gasteiger partial charge < -0.3 is 10.1 Å². The van der Waals surface area contributed by atoms with E-state index in [1.165, 1.54) is 17.7 Å². The molecule has 1 aromatic rings. The summed E-state index contributed by atoms with van der Waals surface area (Å²) in [7, 11) is 1.73. The molecule has 1 N–H and O–H groups in total. The van der Waals surface area contributed by atoms with Gasteiger partial charge in [-0.2, -0.15) is 0 Å². The zero-order chi connectivity index (χ0) is 12.5. The lowest BCUT2D eigenvalue weighted by atomic mass is 10.2. The number of hydrogen-bond donors (Lipinski definition) is 1. The molecule has 0 saturated heterocycles. The number of para-hydroxylation sites is 1. The van der Waals surface area contributed by atoms with Crippen LogP contribution in [0.25, 0.3) is 0 Å². The molecule has 1 aromatic carbocycles. The SMILES string of the molecule is CCNC(C)CCCSc1ccccc1OC. The number of ether oxygens (including phenoxy) is 1. The molecule has 1 rings (SSSR count). The van der Waals surface area contributed by atoms with Crippen molar-refractivity contribution in [2.75, 3.05) is 19.4 Å². The largest absolute Gasteiger partial charge is 0.496 e. The van der Waals surface area contributed by atoms with E-state index in [0.29, 0.717) is 6.04 Å². The molecular formula is C14H23NOS. The van der Waals surface area contributed by atoms with Crippen LogP contribution in [0.5, 0.6) is 5.75 Å². The number of nitrogens with one attached hydrogen (secondary N) is 1. The van der Waals surface area contributed by atoms with E-state index in [1.54, 1.807) is 7.11 Å². The molecule has 0 aliphatic carbocycles. The number of methoxy groups -OCH3 is 1. The van der Waals surface area contributed by atoms with E-state index >= 15 is 0 Å². The van der Waals surface area contributed by atoms with Crippen molar-refractivity contribution in [2.24, 2.45) is 0 Å². The Balaban J connectivity index is 2.26. The molecule has 1 unspecified atom stereocenters. The third kappa shape index (κ3) is 5.46. The van der Waals surface area contributed by atoms with Crippen molar-refractivity contribution in [1.29, 1.82) is 0 Å². The summed E-state index contributed by atoms with van der Waals surface area (Å²) in [5.74, 6) is 2.13. The first-order chi connectivity index (χ1) is 8.27. The molecule has 0 bridgehead atoms. The highest BCUT2D eigenvalue weighted by molar-refractivity contribution is 7.99. The molecule has 2 nitrogen and oxygen atoms in total. The zero-order valence-electron chi connectivity index (χ0n) is 11.0. The molecule has 17 heavy (non-hydrogen) atoms. The van der Waals surface area contributed by atoms with Gasteiger partial charge in [0.15, 0.2) is 0 Å². The third-order valence-corrected chi connectivity index (χ3v) is 3.80. The maximum atomic E-state index is 5.33. The van der Waals surface area contributed by atoms with Gasteiger partial charge in [0.25, 0.3) is 0 Å². The highest BCUT2D eigenvalue weighted by Gasteiger charge is 2.03. The Bertz CT molecular complexity index is 317. The molecule has 96 valence electrons. The van der Waals surface area contributed by atoms with Crippen molar-refractivity contribution in [1.82, 2.24) is 5.32 Å². The van der Waals surface area contributed by atoms with Crippen molar-refractivity contribution in [2.45, 2.75) is 37.6 Å². The van der Waals surface area contributed by atoms with Crippen LogP contribution in [0.3, 0.4) is 0 Å². The minimum absolute atomic E-state index is 0.623. The van der Waals surface area contributed by atoms with Gasteiger partial charge in [0.1, 0.15) is 5.75 Å². The Hall–Kier alpha value is -0.670. The molecule has 0 aliphatic rings. The van der Waals surface area contributed by atoms with Gasteiger partial charge in [0.05, 0.1) is 7.11 Å². The molecular weight excluding hydrogens is 230 g/mol. The van der Waals surface area contributed by atoms with Gasteiger partial charge in [-0.15, -0.1) is 11.8 Å². The summed E-state index contributed by atoms with van der Waals surface area (Å²) in [6, 6.07) is 8.83. The van der Waals surface area contributed by atoms with Crippen molar-refractivity contribution < 1.29 is 4.74 Å². The van der Waals surface area contributed by atoms with Crippen LogP contribution in [0.1, 0.15) is 26.7 Å². The molecule has 0 amide bonds. The number of rotatable bonds is 8. The van der Waals surface area contributed by atoms with E-state index in [2.05, 4.69) is 31.3 Å². The fraction of sp³-hybridized carbons (Fsp3) is 0.571. The topological polar surface area (TPSA) is 21.3 Å². The van der Waals surface area contributed by atoms with E-state index in [0.717, 1.165) is 18.0 Å². The lowest BCUT2D eigenvalue weighted by molar-refractivity contribution is 0.405. The van der Waals surface area contributed by atoms with Gasteiger partial charge in [-0.05, 0) is 44.2 Å². The predicted molar refractivity (Wildman–Crippen MR) is 76.1 cm³/mol. The first-order valence-electron chi connectivity index (χ1n) is 6.27. The maximum Gasteiger partial charge on any atom is 0.132 e. The van der Waals surface area contributed by atoms with Crippen LogP contribution in [0, 0.1) is 0 Å². The molecule has 1 atom stereocenters. The predicted octanol–water partition coefficient (Wildman–Crippen LogP) is 3.57. The summed E-state index contributed by atoms with van der Waals surface area (Å²) in [5.41, 5.74) is 0. The molecule has 0 heterocycles. The van der Waals surface area contributed by atoms with Crippen LogP contribution >= 0.6 is 11.8 Å². The molecule has 0 spiro atoms. The first-order valence-corrected chi connectivity index (χ1v) is 7.25. The average molecular weight is 253 g/mol. The van der Waals surface area contributed by atoms with Crippen LogP contribution in [-0.4, -0.2) is 25.4 Å². The molecule has 0 radical (unpaired) electrons. The van der Waals surface area contributed by atoms with Crippen LogP contribution in [0.2, 0.25) is 0 Å². The van der Waals surface area contributed by atoms with E-state index in [1.807, 2.05) is 23.9 Å². The monoisotopic (exact) mass is 253 g/mol. The Kier molecular flexibility index (Phi) is 7.13. The lowest BCUT2D eigenvalue weighted by Gasteiger charge is -2.12. The summed E-state index contributed by atoms with van der Waals surface area (Å²) in [6.45, 7) is 5.46. The van der Waals surface area contributed by atoms with Crippen LogP contribution < -0.4 is 10.1 Å². The van der Waals surface area contributed by atoms with E-state index in [9.17, 15) is 0 Å². The Morgan fingerprint density at radius 2 is 2.12 bits per heavy atom. The normalized spacial score (nSPS) is 12.4. The third-order valence-electron chi connectivity index (χ3n) is 2.66. The zero-order valence-corrected chi connectivity index (χ0v) is 11.8. The molecule has 0 aromatic heterocycles. The fourth-order valence-electron chi connectivity index (χ4n) is 1.76. The van der Waals surface area contributed by atoms with Crippen molar-refractivity contribution >= 4 is 11.8 Å². The van der Waals surface area contributed by atoms with Gasteiger partial charge in [-0.1, -0.05) is 19.1 Å². The number of thioether (sulfide) groups is 1. The minimum Gasteiger partial charge on any atom is -0.496 e. The smallest absolute Gasteiger partial charge is 0.132 e. The van der Waals surface area contributed by atoms with Gasteiger partial charge in [-0.25, -0.2) is 0 Å². The fourth-order valence-corrected chi connectivity index (χ4v) is 2.76. The van der Waals surface area contributed by atoms with Crippen molar-refractivity contribution in [3.05, 3.63) is 24.3 Å². The summed E-state index contributed by atoms with van der Waals surface area (Å²) < 4.78 is 5.33. The molecule has 0 fully saturated rings. The summed E-state index contributed by atoms with van der Waals surface area (Å²) >= 11 is 1.88. The second kappa shape index (κ2) is 8.43. The van der Waals surface area contributed by atoms with Crippen molar-refractivity contribution in [3.8, 4) is 5.75 Å². The number of hydrogen-bond acceptors (Lipinski definition) is 3. The van der Waals surface area contributed by atoms with E-state index < -0.39 is 0 Å². The maximum absolute atomic E-state index is 5.33. The Morgan fingerprint density at radius 3 is 2.82 bits per heavy atom. The Morgan fingerprint density at radius 1 is 1.35 bits per heavy atom. The average Bonchev–Trinajstić information content (AvgIpc) is 2.35. The summed E-state index contributed by atoms with van der Waals surface area (Å²) in [4.78, 5) is 1.24. The summed E-state index contributed by atoms with van der Waals surface area (Å²) in [6.07, 6.45) is 2.47. The van der Waals surface area contributed by atoms with Crippen LogP contribution in [0.4, 0.5) is 0 Å². The number of benzene rings is 1. The molecule has 0 aliphatic heterocycles. The summed E-state index contributed by atoms with van der Waals surface area (Å²) in [5, 5.41) is 3.43. The van der Waals surface area contributed by atoms with Crippen LogP contribution in [0.15, 0.2) is 29.2 Å². The molecule has 3 heteroatoms. The highest BCUT2D eigenvalue weighted by Crippen LogP contribution is 2.29. The molecule has 0 saturated carbocycles. The van der Waals surface area contributed by atoms with Gasteiger partial charge >= 0.3 is 0 Å². The highest BCUT2D eigenvalue weighted by atomic mass is 32.2. The van der Waals surface area contributed by atoms with Gasteiger partial charge in [-0.3, -0.25) is 0 Å². The van der Waals surface area contributed by atoms with Gasteiger partial charge in [0.2, 0.25) is 0 Å². The first kappa shape index (κ1) is 14.4. The second-order valence-electron chi connectivity index (χ2n) is 4.10. The lowest BCUT2D eigenvalue weighted by Crippen LogP contribution is -2.25.